The minimum absolute atomic E-state index is 0.0982. The third kappa shape index (κ3) is 3.14. The number of nitrogens with zero attached hydrogens (tertiary/aromatic N) is 4. The van der Waals surface area contributed by atoms with E-state index >= 15 is 0 Å². The number of ether oxygens (including phenoxy) is 1. The molecule has 0 aliphatic rings. The fourth-order valence-corrected chi connectivity index (χ4v) is 2.21. The maximum atomic E-state index is 11.6. The lowest BCUT2D eigenvalue weighted by Gasteiger charge is -2.18. The summed E-state index contributed by atoms with van der Waals surface area (Å²) < 4.78 is 5.58. The highest BCUT2D eigenvalue weighted by Gasteiger charge is 2.27. The number of hydrogen-bond acceptors (Lipinski definition) is 6. The summed E-state index contributed by atoms with van der Waals surface area (Å²) in [6.45, 7) is 0. The van der Waals surface area contributed by atoms with Crippen LogP contribution in [0.1, 0.15) is 0 Å². The van der Waals surface area contributed by atoms with Crippen molar-refractivity contribution >= 4 is 17.2 Å². The van der Waals surface area contributed by atoms with Crippen molar-refractivity contribution in [3.8, 4) is 11.6 Å². The molecule has 120 valence electrons. The zero-order chi connectivity index (χ0) is 16.9. The first-order chi connectivity index (χ1) is 11.7. The van der Waals surface area contributed by atoms with E-state index in [1.165, 1.54) is 6.33 Å². The Morgan fingerprint density at radius 2 is 1.62 bits per heavy atom. The van der Waals surface area contributed by atoms with Crippen molar-refractivity contribution in [2.75, 3.05) is 11.9 Å². The van der Waals surface area contributed by atoms with Gasteiger partial charge in [-0.1, -0.05) is 36.4 Å². The van der Waals surface area contributed by atoms with Crippen LogP contribution in [0.5, 0.6) is 11.6 Å². The summed E-state index contributed by atoms with van der Waals surface area (Å²) in [6, 6.07) is 18.0. The fraction of sp³-hybridized carbons (Fsp3) is 0.0588. The minimum Gasteiger partial charge on any atom is -0.434 e. The van der Waals surface area contributed by atoms with Crippen LogP contribution in [0.2, 0.25) is 0 Å². The summed E-state index contributed by atoms with van der Waals surface area (Å²) in [5.74, 6) is 0.527. The number of nitro groups is 1. The van der Waals surface area contributed by atoms with Crippen LogP contribution in [-0.2, 0) is 0 Å². The zero-order valence-corrected chi connectivity index (χ0v) is 12.9. The maximum absolute atomic E-state index is 11.6. The van der Waals surface area contributed by atoms with E-state index in [0.29, 0.717) is 5.75 Å². The van der Waals surface area contributed by atoms with E-state index in [2.05, 4.69) is 9.97 Å². The molecule has 0 aliphatic carbocycles. The fourth-order valence-electron chi connectivity index (χ4n) is 2.21. The molecule has 0 N–H and O–H groups in total. The second kappa shape index (κ2) is 6.74. The molecule has 0 unspecified atom stereocenters. The summed E-state index contributed by atoms with van der Waals surface area (Å²) >= 11 is 0. The smallest absolute Gasteiger partial charge is 0.373 e. The number of benzene rings is 2. The molecule has 0 spiro atoms. The van der Waals surface area contributed by atoms with Gasteiger partial charge in [0, 0.05) is 12.7 Å². The average molecular weight is 322 g/mol. The Morgan fingerprint density at radius 3 is 2.25 bits per heavy atom. The molecule has 0 radical (unpaired) electrons. The van der Waals surface area contributed by atoms with Crippen LogP contribution in [0.4, 0.5) is 17.2 Å². The first-order valence-electron chi connectivity index (χ1n) is 7.18. The highest BCUT2D eigenvalue weighted by Crippen LogP contribution is 2.37. The molecule has 24 heavy (non-hydrogen) atoms. The van der Waals surface area contributed by atoms with Gasteiger partial charge in [0.05, 0.1) is 4.92 Å². The molecule has 0 saturated heterocycles. The highest BCUT2D eigenvalue weighted by molar-refractivity contribution is 5.70. The van der Waals surface area contributed by atoms with Gasteiger partial charge in [-0.2, -0.15) is 4.98 Å². The molecule has 7 nitrogen and oxygen atoms in total. The number of anilines is 2. The van der Waals surface area contributed by atoms with E-state index in [1.54, 1.807) is 36.2 Å². The topological polar surface area (TPSA) is 81.4 Å². The second-order valence-corrected chi connectivity index (χ2v) is 4.92. The Bertz CT molecular complexity index is 841. The molecule has 2 aromatic carbocycles. The molecule has 0 fully saturated rings. The second-order valence-electron chi connectivity index (χ2n) is 4.92. The molecular formula is C17H14N4O3. The first kappa shape index (κ1) is 15.4. The Balaban J connectivity index is 2.04. The quantitative estimate of drug-likeness (QED) is 0.522. The molecule has 7 heteroatoms. The molecule has 0 atom stereocenters. The van der Waals surface area contributed by atoms with E-state index in [1.807, 2.05) is 36.4 Å². The van der Waals surface area contributed by atoms with Gasteiger partial charge in [-0.15, -0.1) is 0 Å². The van der Waals surface area contributed by atoms with Gasteiger partial charge in [0.15, 0.2) is 0 Å². The summed E-state index contributed by atoms with van der Waals surface area (Å²) in [4.78, 5) is 20.7. The van der Waals surface area contributed by atoms with Crippen molar-refractivity contribution in [1.82, 2.24) is 9.97 Å². The van der Waals surface area contributed by atoms with Gasteiger partial charge < -0.3 is 9.64 Å². The van der Waals surface area contributed by atoms with Crippen LogP contribution in [0.3, 0.4) is 0 Å². The number of para-hydroxylation sites is 2. The van der Waals surface area contributed by atoms with Crippen molar-refractivity contribution in [3.05, 3.63) is 77.1 Å². The molecule has 0 amide bonds. The SMILES string of the molecule is CN(c1ccccc1)c1ncnc(Oc2ccccc2)c1[N+](=O)[O-]. The Labute approximate surface area is 138 Å². The summed E-state index contributed by atoms with van der Waals surface area (Å²) in [5, 5.41) is 11.6. The van der Waals surface area contributed by atoms with Crippen LogP contribution >= 0.6 is 0 Å². The van der Waals surface area contributed by atoms with Crippen molar-refractivity contribution in [2.24, 2.45) is 0 Å². The highest BCUT2D eigenvalue weighted by atomic mass is 16.6. The van der Waals surface area contributed by atoms with Gasteiger partial charge in [0.2, 0.25) is 5.82 Å². The van der Waals surface area contributed by atoms with E-state index in [9.17, 15) is 10.1 Å². The standard InChI is InChI=1S/C17H14N4O3/c1-20(13-8-4-2-5-9-13)16-15(21(22)23)17(19-12-18-16)24-14-10-6-3-7-11-14/h2-12H,1H3. The van der Waals surface area contributed by atoms with Gasteiger partial charge in [-0.05, 0) is 24.3 Å². The van der Waals surface area contributed by atoms with Crippen LogP contribution in [0.25, 0.3) is 0 Å². The third-order valence-electron chi connectivity index (χ3n) is 3.37. The van der Waals surface area contributed by atoms with Gasteiger partial charge in [0.1, 0.15) is 12.1 Å². The van der Waals surface area contributed by atoms with Gasteiger partial charge in [0.25, 0.3) is 0 Å². The Kier molecular flexibility index (Phi) is 4.33. The lowest BCUT2D eigenvalue weighted by Crippen LogP contribution is -2.14. The van der Waals surface area contributed by atoms with Gasteiger partial charge in [-0.3, -0.25) is 10.1 Å². The predicted octanol–water partition coefficient (Wildman–Crippen LogP) is 3.95. The predicted molar refractivity (Wildman–Crippen MR) is 89.7 cm³/mol. The van der Waals surface area contributed by atoms with Crippen molar-refractivity contribution in [3.63, 3.8) is 0 Å². The Hall–Kier alpha value is -3.48. The third-order valence-corrected chi connectivity index (χ3v) is 3.37. The van der Waals surface area contributed by atoms with Crippen molar-refractivity contribution < 1.29 is 9.66 Å². The summed E-state index contributed by atoms with van der Waals surface area (Å²) in [5.41, 5.74) is 0.484. The summed E-state index contributed by atoms with van der Waals surface area (Å²) in [7, 11) is 1.71. The Morgan fingerprint density at radius 1 is 1.00 bits per heavy atom. The average Bonchev–Trinajstić information content (AvgIpc) is 2.62. The van der Waals surface area contributed by atoms with Crippen LogP contribution in [0, 0.1) is 10.1 Å². The lowest BCUT2D eigenvalue weighted by atomic mass is 10.3. The maximum Gasteiger partial charge on any atom is 0.373 e. The molecule has 3 aromatic rings. The minimum atomic E-state index is -0.535. The summed E-state index contributed by atoms with van der Waals surface area (Å²) in [6.07, 6.45) is 1.25. The van der Waals surface area contributed by atoms with E-state index in [-0.39, 0.29) is 17.4 Å². The first-order valence-corrected chi connectivity index (χ1v) is 7.18. The lowest BCUT2D eigenvalue weighted by molar-refractivity contribution is -0.385. The molecule has 1 aromatic heterocycles. The zero-order valence-electron chi connectivity index (χ0n) is 12.9. The monoisotopic (exact) mass is 322 g/mol. The van der Waals surface area contributed by atoms with E-state index in [4.69, 9.17) is 4.74 Å². The molecule has 0 saturated carbocycles. The normalized spacial score (nSPS) is 10.2. The number of hydrogen-bond donors (Lipinski definition) is 0. The van der Waals surface area contributed by atoms with Crippen LogP contribution < -0.4 is 9.64 Å². The van der Waals surface area contributed by atoms with Gasteiger partial charge >= 0.3 is 11.6 Å². The number of aromatic nitrogens is 2. The van der Waals surface area contributed by atoms with Crippen LogP contribution in [-0.4, -0.2) is 21.9 Å². The number of rotatable bonds is 5. The molecular weight excluding hydrogens is 308 g/mol. The van der Waals surface area contributed by atoms with Crippen molar-refractivity contribution in [1.29, 1.82) is 0 Å². The molecule has 0 aliphatic heterocycles. The van der Waals surface area contributed by atoms with Crippen LogP contribution in [0.15, 0.2) is 67.0 Å². The molecule has 1 heterocycles. The van der Waals surface area contributed by atoms with E-state index < -0.39 is 4.92 Å². The molecule has 3 rings (SSSR count). The van der Waals surface area contributed by atoms with Gasteiger partial charge in [-0.25, -0.2) is 4.98 Å². The molecule has 0 bridgehead atoms. The van der Waals surface area contributed by atoms with E-state index in [0.717, 1.165) is 5.69 Å². The largest absolute Gasteiger partial charge is 0.434 e. The van der Waals surface area contributed by atoms with Crippen molar-refractivity contribution in [2.45, 2.75) is 0 Å².